The van der Waals surface area contributed by atoms with Gasteiger partial charge in [-0.15, -0.1) is 0 Å². The van der Waals surface area contributed by atoms with Crippen molar-refractivity contribution < 1.29 is 9.21 Å². The van der Waals surface area contributed by atoms with Crippen molar-refractivity contribution in [1.29, 1.82) is 0 Å². The highest BCUT2D eigenvalue weighted by atomic mass is 16.3. The first-order valence-electron chi connectivity index (χ1n) is 10.4. The molecule has 1 amide bonds. The third-order valence-corrected chi connectivity index (χ3v) is 5.59. The van der Waals surface area contributed by atoms with Crippen LogP contribution in [-0.2, 0) is 6.54 Å². The highest BCUT2D eigenvalue weighted by molar-refractivity contribution is 6.06. The van der Waals surface area contributed by atoms with Crippen LogP contribution in [0.3, 0.4) is 0 Å². The van der Waals surface area contributed by atoms with Gasteiger partial charge in [0.25, 0.3) is 11.5 Å². The second-order valence-electron chi connectivity index (χ2n) is 8.34. The summed E-state index contributed by atoms with van der Waals surface area (Å²) in [6.45, 7) is 7.66. The van der Waals surface area contributed by atoms with E-state index in [1.165, 1.54) is 38.4 Å². The molecular formula is C21H32N4O3. The Kier molecular flexibility index (Phi) is 6.54. The van der Waals surface area contributed by atoms with Crippen LogP contribution in [0.5, 0.6) is 0 Å². The van der Waals surface area contributed by atoms with Gasteiger partial charge in [-0.1, -0.05) is 33.1 Å². The summed E-state index contributed by atoms with van der Waals surface area (Å²) in [4.78, 5) is 32.3. The highest BCUT2D eigenvalue weighted by Gasteiger charge is 2.23. The SMILES string of the molecule is Cc1oc2ncn(CC(C)C)c(=O)c2c1C(=O)NCCN(C)C1CCCCC1. The monoisotopic (exact) mass is 388 g/mol. The van der Waals surface area contributed by atoms with E-state index in [1.54, 1.807) is 11.5 Å². The van der Waals surface area contributed by atoms with Crippen molar-refractivity contribution >= 4 is 17.0 Å². The van der Waals surface area contributed by atoms with Gasteiger partial charge in [-0.05, 0) is 32.7 Å². The van der Waals surface area contributed by atoms with Crippen LogP contribution < -0.4 is 10.9 Å². The molecule has 7 nitrogen and oxygen atoms in total. The van der Waals surface area contributed by atoms with E-state index in [9.17, 15) is 9.59 Å². The molecule has 0 spiro atoms. The Morgan fingerprint density at radius 3 is 2.75 bits per heavy atom. The first kappa shape index (κ1) is 20.6. The molecule has 1 saturated carbocycles. The fourth-order valence-electron chi connectivity index (χ4n) is 4.07. The van der Waals surface area contributed by atoms with Gasteiger partial charge in [0.2, 0.25) is 5.71 Å². The van der Waals surface area contributed by atoms with E-state index in [2.05, 4.69) is 22.2 Å². The van der Waals surface area contributed by atoms with Gasteiger partial charge in [-0.25, -0.2) is 4.98 Å². The van der Waals surface area contributed by atoms with Crippen molar-refractivity contribution in [3.05, 3.63) is 28.0 Å². The summed E-state index contributed by atoms with van der Waals surface area (Å²) in [5.41, 5.74) is 0.318. The number of hydrogen-bond donors (Lipinski definition) is 1. The van der Waals surface area contributed by atoms with Crippen LogP contribution in [0.2, 0.25) is 0 Å². The zero-order chi connectivity index (χ0) is 20.3. The van der Waals surface area contributed by atoms with Crippen LogP contribution in [-0.4, -0.2) is 46.5 Å². The van der Waals surface area contributed by atoms with Gasteiger partial charge in [0.1, 0.15) is 17.5 Å². The molecule has 1 aliphatic carbocycles. The molecule has 3 rings (SSSR count). The third kappa shape index (κ3) is 4.46. The lowest BCUT2D eigenvalue weighted by molar-refractivity contribution is 0.0944. The summed E-state index contributed by atoms with van der Waals surface area (Å²) in [5.74, 6) is 0.465. The van der Waals surface area contributed by atoms with Gasteiger partial charge in [-0.2, -0.15) is 0 Å². The number of amides is 1. The number of aryl methyl sites for hydroxylation is 1. The Labute approximate surface area is 166 Å². The molecule has 0 saturated heterocycles. The average Bonchev–Trinajstić information content (AvgIpc) is 3.01. The average molecular weight is 389 g/mol. The number of furan rings is 1. The van der Waals surface area contributed by atoms with Gasteiger partial charge in [0.15, 0.2) is 0 Å². The molecule has 0 aromatic carbocycles. The minimum absolute atomic E-state index is 0.222. The van der Waals surface area contributed by atoms with E-state index in [0.29, 0.717) is 36.4 Å². The topological polar surface area (TPSA) is 80.4 Å². The molecular weight excluding hydrogens is 356 g/mol. The Bertz CT molecular complexity index is 878. The summed E-state index contributed by atoms with van der Waals surface area (Å²) in [6.07, 6.45) is 7.87. The smallest absolute Gasteiger partial charge is 0.265 e. The fourth-order valence-corrected chi connectivity index (χ4v) is 4.07. The molecule has 7 heteroatoms. The first-order chi connectivity index (χ1) is 13.4. The summed E-state index contributed by atoms with van der Waals surface area (Å²) < 4.78 is 7.14. The molecule has 0 radical (unpaired) electrons. The molecule has 154 valence electrons. The van der Waals surface area contributed by atoms with Gasteiger partial charge in [0.05, 0.1) is 5.56 Å². The van der Waals surface area contributed by atoms with Crippen molar-refractivity contribution in [2.45, 2.75) is 65.5 Å². The zero-order valence-corrected chi connectivity index (χ0v) is 17.5. The van der Waals surface area contributed by atoms with Crippen LogP contribution in [0.15, 0.2) is 15.5 Å². The standard InChI is InChI=1S/C21H32N4O3/c1-14(2)12-25-13-23-20-18(21(25)27)17(15(3)28-20)19(26)22-10-11-24(4)16-8-6-5-7-9-16/h13-14,16H,5-12H2,1-4H3,(H,22,26). The number of carbonyl (C=O) groups excluding carboxylic acids is 1. The first-order valence-corrected chi connectivity index (χ1v) is 10.4. The molecule has 1 fully saturated rings. The van der Waals surface area contributed by atoms with Gasteiger partial charge < -0.3 is 14.6 Å². The molecule has 1 N–H and O–H groups in total. The van der Waals surface area contributed by atoms with Gasteiger partial charge in [0, 0.05) is 25.7 Å². The molecule has 2 heterocycles. The summed E-state index contributed by atoms with van der Waals surface area (Å²) in [5, 5.41) is 3.24. The Morgan fingerprint density at radius 2 is 2.07 bits per heavy atom. The molecule has 2 aromatic heterocycles. The zero-order valence-electron chi connectivity index (χ0n) is 17.5. The maximum Gasteiger partial charge on any atom is 0.265 e. The van der Waals surface area contributed by atoms with Crippen LogP contribution in [0.25, 0.3) is 11.1 Å². The summed E-state index contributed by atoms with van der Waals surface area (Å²) in [6, 6.07) is 0.606. The van der Waals surface area contributed by atoms with Crippen LogP contribution in [0, 0.1) is 12.8 Å². The number of carbonyl (C=O) groups is 1. The lowest BCUT2D eigenvalue weighted by atomic mass is 9.94. The van der Waals surface area contributed by atoms with E-state index in [0.717, 1.165) is 6.54 Å². The fraction of sp³-hybridized carbons (Fsp3) is 0.667. The predicted molar refractivity (Wildman–Crippen MR) is 110 cm³/mol. The van der Waals surface area contributed by atoms with E-state index >= 15 is 0 Å². The van der Waals surface area contributed by atoms with Gasteiger partial charge >= 0.3 is 0 Å². The molecule has 0 bridgehead atoms. The molecule has 1 aliphatic rings. The molecule has 0 aliphatic heterocycles. The Balaban J connectivity index is 1.72. The van der Waals surface area contributed by atoms with Crippen LogP contribution in [0.4, 0.5) is 0 Å². The minimum Gasteiger partial charge on any atom is -0.442 e. The van der Waals surface area contributed by atoms with Crippen LogP contribution in [0.1, 0.15) is 62.1 Å². The largest absolute Gasteiger partial charge is 0.442 e. The van der Waals surface area contributed by atoms with Crippen molar-refractivity contribution in [3.8, 4) is 0 Å². The van der Waals surface area contributed by atoms with E-state index in [1.807, 2.05) is 13.8 Å². The number of hydrogen-bond acceptors (Lipinski definition) is 5. The van der Waals surface area contributed by atoms with Crippen molar-refractivity contribution in [1.82, 2.24) is 19.8 Å². The molecule has 28 heavy (non-hydrogen) atoms. The second kappa shape index (κ2) is 8.90. The Hall–Kier alpha value is -2.15. The van der Waals surface area contributed by atoms with Crippen molar-refractivity contribution in [2.75, 3.05) is 20.1 Å². The molecule has 0 atom stereocenters. The maximum atomic E-state index is 12.9. The van der Waals surface area contributed by atoms with E-state index < -0.39 is 0 Å². The predicted octanol–water partition coefficient (Wildman–Crippen LogP) is 2.95. The summed E-state index contributed by atoms with van der Waals surface area (Å²) >= 11 is 0. The number of aromatic nitrogens is 2. The van der Waals surface area contributed by atoms with Crippen molar-refractivity contribution in [3.63, 3.8) is 0 Å². The molecule has 0 unspecified atom stereocenters. The summed E-state index contributed by atoms with van der Waals surface area (Å²) in [7, 11) is 2.12. The third-order valence-electron chi connectivity index (χ3n) is 5.59. The van der Waals surface area contributed by atoms with Crippen molar-refractivity contribution in [2.24, 2.45) is 5.92 Å². The van der Waals surface area contributed by atoms with E-state index in [4.69, 9.17) is 4.42 Å². The number of likely N-dealkylation sites (N-methyl/N-ethyl adjacent to an activating group) is 1. The van der Waals surface area contributed by atoms with Crippen LogP contribution >= 0.6 is 0 Å². The van der Waals surface area contributed by atoms with E-state index in [-0.39, 0.29) is 22.6 Å². The lowest BCUT2D eigenvalue weighted by Gasteiger charge is -2.31. The normalized spacial score (nSPS) is 15.6. The maximum absolute atomic E-state index is 12.9. The minimum atomic E-state index is -0.269. The van der Waals surface area contributed by atoms with Gasteiger partial charge in [-0.3, -0.25) is 14.2 Å². The quantitative estimate of drug-likeness (QED) is 0.789. The Morgan fingerprint density at radius 1 is 1.36 bits per heavy atom. The number of fused-ring (bicyclic) bond motifs is 1. The molecule has 2 aromatic rings. The lowest BCUT2D eigenvalue weighted by Crippen LogP contribution is -2.39. The second-order valence-corrected chi connectivity index (χ2v) is 8.34. The number of nitrogens with zero attached hydrogens (tertiary/aromatic N) is 3. The number of nitrogens with one attached hydrogen (secondary N) is 1. The highest BCUT2D eigenvalue weighted by Crippen LogP contribution is 2.22. The number of rotatable bonds is 7.